The molecule has 27 heavy (non-hydrogen) atoms. The van der Waals surface area contributed by atoms with Crippen LogP contribution in [-0.4, -0.2) is 34.7 Å². The zero-order chi connectivity index (χ0) is 20.2. The molecule has 1 aromatic carbocycles. The largest absolute Gasteiger partial charge is 0.471 e. The first-order valence-corrected chi connectivity index (χ1v) is 8.03. The van der Waals surface area contributed by atoms with Gasteiger partial charge in [0.2, 0.25) is 5.82 Å². The highest BCUT2D eigenvalue weighted by molar-refractivity contribution is 5.98. The van der Waals surface area contributed by atoms with Crippen molar-refractivity contribution < 1.29 is 32.0 Å². The molecule has 1 atom stereocenters. The number of nitrogens with one attached hydrogen (secondary N) is 1. The number of methoxy groups -OCH3 is 1. The number of carbonyl (C=O) groups excluding carboxylic acids is 2. The second-order valence-electron chi connectivity index (χ2n) is 6.03. The minimum absolute atomic E-state index is 0.213. The highest BCUT2D eigenvalue weighted by Crippen LogP contribution is 2.29. The molecule has 0 spiro atoms. The average Bonchev–Trinajstić information content (AvgIpc) is 3.11. The fourth-order valence-corrected chi connectivity index (χ4v) is 2.49. The van der Waals surface area contributed by atoms with Gasteiger partial charge in [-0.25, -0.2) is 4.79 Å². The lowest BCUT2D eigenvalue weighted by atomic mass is 9.95. The Balaban J connectivity index is 2.18. The first-order valence-electron chi connectivity index (χ1n) is 8.03. The first-order chi connectivity index (χ1) is 12.6. The molecule has 1 N–H and O–H groups in total. The van der Waals surface area contributed by atoms with Crippen LogP contribution in [0.1, 0.15) is 42.9 Å². The fourth-order valence-electron chi connectivity index (χ4n) is 2.49. The van der Waals surface area contributed by atoms with Gasteiger partial charge in [-0.2, -0.15) is 18.2 Å². The van der Waals surface area contributed by atoms with Gasteiger partial charge in [0.25, 0.3) is 5.91 Å². The zero-order valence-corrected chi connectivity index (χ0v) is 14.9. The van der Waals surface area contributed by atoms with E-state index in [0.717, 1.165) is 0 Å². The molecule has 0 aliphatic carbocycles. The molecule has 0 bridgehead atoms. The third kappa shape index (κ3) is 4.63. The SMILES string of the molecule is CCC[C@@](C)(NC(=O)c1ccc(-c2noc(C(F)(F)F)n2)cc1)C(=O)OC. The number of aromatic nitrogens is 2. The Kier molecular flexibility index (Phi) is 5.87. The molecule has 0 aliphatic heterocycles. The Bertz CT molecular complexity index is 818. The van der Waals surface area contributed by atoms with Crippen LogP contribution in [0.4, 0.5) is 13.2 Å². The summed E-state index contributed by atoms with van der Waals surface area (Å²) in [4.78, 5) is 27.7. The number of hydrogen-bond donors (Lipinski definition) is 1. The van der Waals surface area contributed by atoms with Crippen molar-refractivity contribution in [2.45, 2.75) is 38.4 Å². The number of esters is 1. The molecule has 0 saturated heterocycles. The van der Waals surface area contributed by atoms with E-state index in [1.807, 2.05) is 6.92 Å². The van der Waals surface area contributed by atoms with Crippen LogP contribution in [0.3, 0.4) is 0 Å². The van der Waals surface area contributed by atoms with Crippen LogP contribution in [0.25, 0.3) is 11.4 Å². The Hall–Kier alpha value is -2.91. The monoisotopic (exact) mass is 385 g/mol. The zero-order valence-electron chi connectivity index (χ0n) is 14.9. The van der Waals surface area contributed by atoms with Crippen LogP contribution >= 0.6 is 0 Å². The number of rotatable bonds is 6. The molecule has 146 valence electrons. The summed E-state index contributed by atoms with van der Waals surface area (Å²) in [6.45, 7) is 3.43. The maximum absolute atomic E-state index is 12.5. The van der Waals surface area contributed by atoms with Gasteiger partial charge in [0.1, 0.15) is 5.54 Å². The van der Waals surface area contributed by atoms with Gasteiger partial charge in [-0.3, -0.25) is 4.79 Å². The summed E-state index contributed by atoms with van der Waals surface area (Å²) >= 11 is 0. The van der Waals surface area contributed by atoms with E-state index < -0.39 is 29.5 Å². The van der Waals surface area contributed by atoms with Crippen molar-refractivity contribution in [2.24, 2.45) is 0 Å². The summed E-state index contributed by atoms with van der Waals surface area (Å²) in [6.07, 6.45) is -3.71. The maximum atomic E-state index is 12.5. The number of halogens is 3. The molecule has 0 saturated carbocycles. The van der Waals surface area contributed by atoms with Crippen molar-refractivity contribution in [1.82, 2.24) is 15.5 Å². The van der Waals surface area contributed by atoms with Gasteiger partial charge in [0.15, 0.2) is 0 Å². The van der Waals surface area contributed by atoms with Crippen molar-refractivity contribution in [3.63, 3.8) is 0 Å². The van der Waals surface area contributed by atoms with E-state index in [4.69, 9.17) is 4.74 Å². The lowest BCUT2D eigenvalue weighted by Gasteiger charge is -2.27. The molecule has 7 nitrogen and oxygen atoms in total. The quantitative estimate of drug-likeness (QED) is 0.768. The maximum Gasteiger partial charge on any atom is 0.471 e. The summed E-state index contributed by atoms with van der Waals surface area (Å²) in [5.41, 5.74) is -0.728. The topological polar surface area (TPSA) is 94.3 Å². The van der Waals surface area contributed by atoms with Crippen LogP contribution in [0, 0.1) is 0 Å². The van der Waals surface area contributed by atoms with Gasteiger partial charge >= 0.3 is 18.0 Å². The Morgan fingerprint density at radius 3 is 2.33 bits per heavy atom. The molecule has 10 heteroatoms. The molecule has 1 amide bonds. The standard InChI is InChI=1S/C17H18F3N3O4/c1-4-9-16(2,15(25)26-3)22-13(24)11-7-5-10(6-8-11)12-21-14(27-23-12)17(18,19)20/h5-8H,4,9H2,1-3H3,(H,22,24)/t16-/m1/s1. The number of hydrogen-bond acceptors (Lipinski definition) is 6. The second kappa shape index (κ2) is 7.77. The van der Waals surface area contributed by atoms with Gasteiger partial charge in [-0.15, -0.1) is 0 Å². The normalized spacial score (nSPS) is 13.7. The first kappa shape index (κ1) is 20.4. The number of carbonyl (C=O) groups is 2. The predicted molar refractivity (Wildman–Crippen MR) is 87.5 cm³/mol. The molecule has 0 aliphatic rings. The van der Waals surface area contributed by atoms with Crippen LogP contribution < -0.4 is 5.32 Å². The highest BCUT2D eigenvalue weighted by atomic mass is 19.4. The van der Waals surface area contributed by atoms with Crippen molar-refractivity contribution in [2.75, 3.05) is 7.11 Å². The molecule has 0 fully saturated rings. The Morgan fingerprint density at radius 2 is 1.85 bits per heavy atom. The summed E-state index contributed by atoms with van der Waals surface area (Å²) in [7, 11) is 1.23. The molecule has 2 aromatic rings. The number of nitrogens with zero attached hydrogens (tertiary/aromatic N) is 2. The minimum Gasteiger partial charge on any atom is -0.467 e. The van der Waals surface area contributed by atoms with E-state index in [2.05, 4.69) is 20.0 Å². The molecule has 1 heterocycles. The lowest BCUT2D eigenvalue weighted by molar-refractivity contribution is -0.159. The van der Waals surface area contributed by atoms with Crippen molar-refractivity contribution in [3.8, 4) is 11.4 Å². The van der Waals surface area contributed by atoms with Crippen molar-refractivity contribution >= 4 is 11.9 Å². The second-order valence-corrected chi connectivity index (χ2v) is 6.03. The van der Waals surface area contributed by atoms with E-state index in [9.17, 15) is 22.8 Å². The van der Waals surface area contributed by atoms with E-state index in [-0.39, 0.29) is 17.0 Å². The van der Waals surface area contributed by atoms with Gasteiger partial charge in [-0.1, -0.05) is 30.6 Å². The summed E-state index contributed by atoms with van der Waals surface area (Å²) in [6, 6.07) is 5.54. The molecular formula is C17H18F3N3O4. The number of ether oxygens (including phenoxy) is 1. The Labute approximate surface area is 152 Å². The lowest BCUT2D eigenvalue weighted by Crippen LogP contribution is -2.52. The predicted octanol–water partition coefficient (Wildman–Crippen LogP) is 3.22. The van der Waals surface area contributed by atoms with E-state index >= 15 is 0 Å². The molecule has 0 unspecified atom stereocenters. The molecule has 1 aromatic heterocycles. The summed E-state index contributed by atoms with van der Waals surface area (Å²) in [5, 5.41) is 5.91. The minimum atomic E-state index is -4.73. The van der Waals surface area contributed by atoms with E-state index in [1.54, 1.807) is 6.92 Å². The van der Waals surface area contributed by atoms with Gasteiger partial charge in [-0.05, 0) is 25.5 Å². The van der Waals surface area contributed by atoms with E-state index in [1.165, 1.54) is 31.4 Å². The van der Waals surface area contributed by atoms with Gasteiger partial charge < -0.3 is 14.6 Å². The summed E-state index contributed by atoms with van der Waals surface area (Å²) in [5.74, 6) is -2.79. The number of benzene rings is 1. The smallest absolute Gasteiger partial charge is 0.467 e. The molecular weight excluding hydrogens is 367 g/mol. The van der Waals surface area contributed by atoms with Crippen LogP contribution in [0.2, 0.25) is 0 Å². The third-order valence-electron chi connectivity index (χ3n) is 3.85. The van der Waals surface area contributed by atoms with E-state index in [0.29, 0.717) is 12.8 Å². The Morgan fingerprint density at radius 1 is 1.22 bits per heavy atom. The average molecular weight is 385 g/mol. The van der Waals surface area contributed by atoms with Crippen LogP contribution in [0.5, 0.6) is 0 Å². The van der Waals surface area contributed by atoms with Gasteiger partial charge in [0.05, 0.1) is 7.11 Å². The van der Waals surface area contributed by atoms with Crippen molar-refractivity contribution in [3.05, 3.63) is 35.7 Å². The van der Waals surface area contributed by atoms with Gasteiger partial charge in [0, 0.05) is 11.1 Å². The number of alkyl halides is 3. The van der Waals surface area contributed by atoms with Crippen LogP contribution in [-0.2, 0) is 15.7 Å². The summed E-state index contributed by atoms with van der Waals surface area (Å²) < 4.78 is 46.5. The molecule has 0 radical (unpaired) electrons. The van der Waals surface area contributed by atoms with Crippen LogP contribution in [0.15, 0.2) is 28.8 Å². The van der Waals surface area contributed by atoms with Crippen molar-refractivity contribution in [1.29, 1.82) is 0 Å². The number of amides is 1. The molecule has 2 rings (SSSR count). The fraction of sp³-hybridized carbons (Fsp3) is 0.412. The highest BCUT2D eigenvalue weighted by Gasteiger charge is 2.38. The third-order valence-corrected chi connectivity index (χ3v) is 3.85.